The summed E-state index contributed by atoms with van der Waals surface area (Å²) in [7, 11) is 1.80. The fourth-order valence-electron chi connectivity index (χ4n) is 4.84. The van der Waals surface area contributed by atoms with Crippen molar-refractivity contribution in [3.63, 3.8) is 0 Å². The standard InChI is InChI=1S/C26H35FN4O.HI/c1-20(21-6-5-7-24(18-21)31-14-3-4-15-31)30-25(28-2)29-19-26(12-16-32-17-13-26)22-8-10-23(27)11-9-22;/h5-11,18,20H,3-4,12-17,19H2,1-2H3,(H2,28,29,30);1H. The van der Waals surface area contributed by atoms with Gasteiger partial charge in [-0.15, -0.1) is 24.0 Å². The molecule has 2 N–H and O–H groups in total. The van der Waals surface area contributed by atoms with Gasteiger partial charge in [0.15, 0.2) is 5.96 Å². The summed E-state index contributed by atoms with van der Waals surface area (Å²) in [6, 6.07) is 15.8. The molecule has 0 radical (unpaired) electrons. The number of ether oxygens (including phenoxy) is 1. The predicted molar refractivity (Wildman–Crippen MR) is 144 cm³/mol. The Labute approximate surface area is 214 Å². The summed E-state index contributed by atoms with van der Waals surface area (Å²) in [6.07, 6.45) is 4.34. The maximum absolute atomic E-state index is 13.5. The van der Waals surface area contributed by atoms with Gasteiger partial charge in [-0.25, -0.2) is 4.39 Å². The summed E-state index contributed by atoms with van der Waals surface area (Å²) < 4.78 is 19.1. The Morgan fingerprint density at radius 3 is 2.48 bits per heavy atom. The Kier molecular flexibility index (Phi) is 9.37. The molecular formula is C26H36FIN4O. The van der Waals surface area contributed by atoms with Gasteiger partial charge in [0.2, 0.25) is 0 Å². The molecule has 2 aliphatic rings. The minimum atomic E-state index is -0.202. The topological polar surface area (TPSA) is 48.9 Å². The number of nitrogens with one attached hydrogen (secondary N) is 2. The van der Waals surface area contributed by atoms with E-state index in [4.69, 9.17) is 4.74 Å². The lowest BCUT2D eigenvalue weighted by atomic mass is 9.74. The van der Waals surface area contributed by atoms with Crippen LogP contribution in [0.1, 0.15) is 49.8 Å². The molecule has 2 aliphatic heterocycles. The molecule has 180 valence electrons. The van der Waals surface area contributed by atoms with E-state index >= 15 is 0 Å². The predicted octanol–water partition coefficient (Wildman–Crippen LogP) is 5.02. The number of hydrogen-bond donors (Lipinski definition) is 2. The highest BCUT2D eigenvalue weighted by Crippen LogP contribution is 2.34. The van der Waals surface area contributed by atoms with Crippen molar-refractivity contribution >= 4 is 35.6 Å². The molecule has 0 aromatic heterocycles. The van der Waals surface area contributed by atoms with Crippen LogP contribution < -0.4 is 15.5 Å². The molecule has 2 aromatic rings. The zero-order valence-corrected chi connectivity index (χ0v) is 22.0. The molecule has 2 fully saturated rings. The van der Waals surface area contributed by atoms with E-state index in [0.29, 0.717) is 13.2 Å². The number of rotatable bonds is 6. The molecule has 2 heterocycles. The van der Waals surface area contributed by atoms with E-state index < -0.39 is 0 Å². The molecule has 2 saturated heterocycles. The third-order valence-corrected chi connectivity index (χ3v) is 6.92. The van der Waals surface area contributed by atoms with Crippen molar-refractivity contribution < 1.29 is 9.13 Å². The third kappa shape index (κ3) is 6.38. The maximum Gasteiger partial charge on any atom is 0.191 e. The molecule has 1 unspecified atom stereocenters. The molecule has 0 spiro atoms. The first kappa shape index (κ1) is 25.7. The number of nitrogens with zero attached hydrogens (tertiary/aromatic N) is 2. The van der Waals surface area contributed by atoms with Crippen LogP contribution >= 0.6 is 24.0 Å². The second-order valence-corrected chi connectivity index (χ2v) is 8.98. The highest BCUT2D eigenvalue weighted by molar-refractivity contribution is 14.0. The molecule has 4 rings (SSSR count). The van der Waals surface area contributed by atoms with Gasteiger partial charge in [-0.2, -0.15) is 0 Å². The zero-order valence-electron chi connectivity index (χ0n) is 19.6. The van der Waals surface area contributed by atoms with Gasteiger partial charge in [0.05, 0.1) is 6.04 Å². The summed E-state index contributed by atoms with van der Waals surface area (Å²) in [4.78, 5) is 6.93. The van der Waals surface area contributed by atoms with Gasteiger partial charge >= 0.3 is 0 Å². The van der Waals surface area contributed by atoms with Crippen LogP contribution in [0.15, 0.2) is 53.5 Å². The van der Waals surface area contributed by atoms with Crippen LogP contribution in [0.3, 0.4) is 0 Å². The molecule has 0 saturated carbocycles. The van der Waals surface area contributed by atoms with Crippen molar-refractivity contribution in [2.45, 2.75) is 44.1 Å². The van der Waals surface area contributed by atoms with Gasteiger partial charge < -0.3 is 20.3 Å². The van der Waals surface area contributed by atoms with Crippen LogP contribution in [0, 0.1) is 5.82 Å². The Morgan fingerprint density at radius 2 is 1.82 bits per heavy atom. The molecule has 7 heteroatoms. The molecule has 0 amide bonds. The van der Waals surface area contributed by atoms with Crippen molar-refractivity contribution in [1.29, 1.82) is 0 Å². The molecule has 1 atom stereocenters. The lowest BCUT2D eigenvalue weighted by molar-refractivity contribution is 0.0513. The smallest absolute Gasteiger partial charge is 0.191 e. The first-order chi connectivity index (χ1) is 15.6. The number of guanidine groups is 1. The van der Waals surface area contributed by atoms with E-state index in [2.05, 4.69) is 51.7 Å². The quantitative estimate of drug-likeness (QED) is 0.293. The number of anilines is 1. The van der Waals surface area contributed by atoms with Crippen molar-refractivity contribution in [3.8, 4) is 0 Å². The van der Waals surface area contributed by atoms with Crippen molar-refractivity contribution in [1.82, 2.24) is 10.6 Å². The molecule has 33 heavy (non-hydrogen) atoms. The van der Waals surface area contributed by atoms with Crippen LogP contribution in [0.4, 0.5) is 10.1 Å². The summed E-state index contributed by atoms with van der Waals surface area (Å²) in [5, 5.41) is 7.09. The third-order valence-electron chi connectivity index (χ3n) is 6.92. The van der Waals surface area contributed by atoms with E-state index in [0.717, 1.165) is 44.0 Å². The molecule has 0 aliphatic carbocycles. The van der Waals surface area contributed by atoms with Crippen molar-refractivity contribution in [2.75, 3.05) is 44.8 Å². The Balaban J connectivity index is 0.00000306. The van der Waals surface area contributed by atoms with Gasteiger partial charge in [0.1, 0.15) is 5.82 Å². The van der Waals surface area contributed by atoms with Crippen LogP contribution in [0.25, 0.3) is 0 Å². The summed E-state index contributed by atoms with van der Waals surface area (Å²) >= 11 is 0. The molecule has 5 nitrogen and oxygen atoms in total. The summed E-state index contributed by atoms with van der Waals surface area (Å²) in [6.45, 7) is 6.60. The van der Waals surface area contributed by atoms with E-state index in [1.807, 2.05) is 12.1 Å². The molecule has 2 aromatic carbocycles. The minimum Gasteiger partial charge on any atom is -0.381 e. The van der Waals surface area contributed by atoms with E-state index in [1.165, 1.54) is 24.1 Å². The number of benzene rings is 2. The molecule has 0 bridgehead atoms. The first-order valence-electron chi connectivity index (χ1n) is 11.8. The summed E-state index contributed by atoms with van der Waals surface area (Å²) in [5.74, 6) is 0.573. The summed E-state index contributed by atoms with van der Waals surface area (Å²) in [5.41, 5.74) is 3.60. The van der Waals surface area contributed by atoms with Crippen LogP contribution in [-0.2, 0) is 10.2 Å². The number of hydrogen-bond acceptors (Lipinski definition) is 3. The SMILES string of the molecule is CN=C(NCC1(c2ccc(F)cc2)CCOCC1)NC(C)c1cccc(N2CCCC2)c1.I. The minimum absolute atomic E-state index is 0. The second-order valence-electron chi connectivity index (χ2n) is 8.98. The first-order valence-corrected chi connectivity index (χ1v) is 11.8. The van der Waals surface area contributed by atoms with Gasteiger partial charge in [0.25, 0.3) is 0 Å². The van der Waals surface area contributed by atoms with E-state index in [1.54, 1.807) is 19.2 Å². The van der Waals surface area contributed by atoms with Gasteiger partial charge in [-0.05, 0) is 68.0 Å². The second kappa shape index (κ2) is 12.0. The highest BCUT2D eigenvalue weighted by Gasteiger charge is 2.34. The molecular weight excluding hydrogens is 530 g/mol. The largest absolute Gasteiger partial charge is 0.381 e. The zero-order chi connectivity index (χ0) is 22.4. The lowest BCUT2D eigenvalue weighted by Crippen LogP contribution is -2.48. The maximum atomic E-state index is 13.5. The number of halogens is 2. The fourth-order valence-corrected chi connectivity index (χ4v) is 4.84. The van der Waals surface area contributed by atoms with Crippen LogP contribution in [0.2, 0.25) is 0 Å². The van der Waals surface area contributed by atoms with E-state index in [-0.39, 0.29) is 41.3 Å². The Morgan fingerprint density at radius 1 is 1.12 bits per heavy atom. The highest BCUT2D eigenvalue weighted by atomic mass is 127. The van der Waals surface area contributed by atoms with Crippen LogP contribution in [-0.4, -0.2) is 45.9 Å². The van der Waals surface area contributed by atoms with Crippen molar-refractivity contribution in [3.05, 3.63) is 65.5 Å². The Bertz CT molecular complexity index is 909. The average Bonchev–Trinajstić information content (AvgIpc) is 3.38. The van der Waals surface area contributed by atoms with Gasteiger partial charge in [0, 0.05) is 51.0 Å². The van der Waals surface area contributed by atoms with E-state index in [9.17, 15) is 4.39 Å². The van der Waals surface area contributed by atoms with Crippen LogP contribution in [0.5, 0.6) is 0 Å². The number of aliphatic imine (C=N–C) groups is 1. The average molecular weight is 567 g/mol. The Hall–Kier alpha value is -1.87. The fraction of sp³-hybridized carbons (Fsp3) is 0.500. The normalized spacial score (nSPS) is 19.0. The van der Waals surface area contributed by atoms with Gasteiger partial charge in [-0.3, -0.25) is 4.99 Å². The lowest BCUT2D eigenvalue weighted by Gasteiger charge is -2.38. The van der Waals surface area contributed by atoms with Gasteiger partial charge in [-0.1, -0.05) is 24.3 Å². The van der Waals surface area contributed by atoms with Crippen molar-refractivity contribution in [2.24, 2.45) is 4.99 Å². The monoisotopic (exact) mass is 566 g/mol.